The average Bonchev–Trinajstić information content (AvgIpc) is 3.38. The zero-order valence-electron chi connectivity index (χ0n) is 18.0. The highest BCUT2D eigenvalue weighted by molar-refractivity contribution is 5.98. The van der Waals surface area contributed by atoms with E-state index < -0.39 is 35.5 Å². The van der Waals surface area contributed by atoms with Gasteiger partial charge in [-0.3, -0.25) is 14.4 Å². The van der Waals surface area contributed by atoms with Crippen molar-refractivity contribution in [2.45, 2.75) is 95.0 Å². The summed E-state index contributed by atoms with van der Waals surface area (Å²) in [4.78, 5) is 41.4. The van der Waals surface area contributed by atoms with Gasteiger partial charge in [0.15, 0.2) is 0 Å². The molecule has 30 heavy (non-hydrogen) atoms. The van der Waals surface area contributed by atoms with Crippen molar-refractivity contribution in [2.24, 2.45) is 11.8 Å². The molecule has 8 nitrogen and oxygen atoms in total. The molecule has 1 spiro atoms. The zero-order chi connectivity index (χ0) is 21.5. The monoisotopic (exact) mass is 422 g/mol. The molecule has 0 radical (unpaired) electrons. The van der Waals surface area contributed by atoms with Crippen LogP contribution >= 0.6 is 0 Å². The average molecular weight is 423 g/mol. The third kappa shape index (κ3) is 3.23. The van der Waals surface area contributed by atoms with Crippen LogP contribution in [0.25, 0.3) is 0 Å². The number of carbonyl (C=O) groups excluding carboxylic acids is 3. The van der Waals surface area contributed by atoms with Crippen LogP contribution in [0.2, 0.25) is 0 Å². The lowest BCUT2D eigenvalue weighted by Gasteiger charge is -2.37. The van der Waals surface area contributed by atoms with E-state index in [9.17, 15) is 19.5 Å². The molecule has 2 amide bonds. The van der Waals surface area contributed by atoms with Crippen molar-refractivity contribution in [3.63, 3.8) is 0 Å². The van der Waals surface area contributed by atoms with E-state index in [2.05, 4.69) is 5.32 Å². The van der Waals surface area contributed by atoms with Crippen LogP contribution in [0.15, 0.2) is 0 Å². The smallest absolute Gasteiger partial charge is 0.312 e. The van der Waals surface area contributed by atoms with E-state index >= 15 is 0 Å². The Labute approximate surface area is 177 Å². The van der Waals surface area contributed by atoms with Crippen molar-refractivity contribution in [1.82, 2.24) is 10.2 Å². The molecule has 3 aliphatic heterocycles. The second-order valence-corrected chi connectivity index (χ2v) is 9.14. The number of rotatable bonds is 7. The third-order valence-electron chi connectivity index (χ3n) is 7.57. The molecule has 2 bridgehead atoms. The van der Waals surface area contributed by atoms with Gasteiger partial charge < -0.3 is 24.8 Å². The second kappa shape index (κ2) is 8.46. The first-order valence-electron chi connectivity index (χ1n) is 11.6. The maximum atomic E-state index is 13.6. The number of amides is 2. The van der Waals surface area contributed by atoms with E-state index in [0.717, 1.165) is 25.7 Å². The van der Waals surface area contributed by atoms with Crippen molar-refractivity contribution < 1.29 is 29.0 Å². The molecule has 168 valence electrons. The minimum absolute atomic E-state index is 0.104. The van der Waals surface area contributed by atoms with Crippen LogP contribution in [0.1, 0.15) is 65.2 Å². The molecule has 0 aromatic carbocycles. The highest BCUT2D eigenvalue weighted by Gasteiger charge is 2.75. The van der Waals surface area contributed by atoms with E-state index in [-0.39, 0.29) is 37.2 Å². The number of ether oxygens (including phenoxy) is 2. The Hall–Kier alpha value is -1.67. The van der Waals surface area contributed by atoms with Crippen LogP contribution in [-0.4, -0.2) is 70.8 Å². The molecule has 3 saturated heterocycles. The van der Waals surface area contributed by atoms with Gasteiger partial charge in [0.25, 0.3) is 0 Å². The van der Waals surface area contributed by atoms with Gasteiger partial charge in [0.05, 0.1) is 37.2 Å². The number of aliphatic hydroxyl groups is 1. The molecule has 8 heteroatoms. The van der Waals surface area contributed by atoms with E-state index in [0.29, 0.717) is 19.3 Å². The van der Waals surface area contributed by atoms with Crippen molar-refractivity contribution in [3.8, 4) is 0 Å². The van der Waals surface area contributed by atoms with Gasteiger partial charge >= 0.3 is 5.97 Å². The highest BCUT2D eigenvalue weighted by atomic mass is 16.6. The minimum Gasteiger partial charge on any atom is -0.466 e. The fraction of sp³-hybridized carbons (Fsp3) is 0.864. The largest absolute Gasteiger partial charge is 0.466 e. The first-order chi connectivity index (χ1) is 14.5. The summed E-state index contributed by atoms with van der Waals surface area (Å²) in [7, 11) is 0. The van der Waals surface area contributed by atoms with E-state index in [1.165, 1.54) is 11.3 Å². The van der Waals surface area contributed by atoms with Gasteiger partial charge in [0.2, 0.25) is 11.8 Å². The summed E-state index contributed by atoms with van der Waals surface area (Å²) in [6.07, 6.45) is 6.55. The van der Waals surface area contributed by atoms with Crippen LogP contribution in [0.3, 0.4) is 0 Å². The molecule has 0 aromatic rings. The SMILES string of the molecule is CCOC(=O)[C@@H]1[C@@H]2CCC3(O2)C(C(=O)NC2CCCCC2)N([C@@H](CC)CO)C(=O)[C@H]13. The molecule has 6 atom stereocenters. The molecule has 0 aromatic heterocycles. The minimum atomic E-state index is -1.01. The Balaban J connectivity index is 1.68. The molecule has 2 N–H and O–H groups in total. The van der Waals surface area contributed by atoms with Crippen LogP contribution in [0, 0.1) is 11.8 Å². The quantitative estimate of drug-likeness (QED) is 0.596. The molecular formula is C22H34N2O6. The molecule has 1 aliphatic carbocycles. The Morgan fingerprint density at radius 1 is 1.27 bits per heavy atom. The fourth-order valence-corrected chi connectivity index (χ4v) is 6.23. The molecule has 4 rings (SSSR count). The van der Waals surface area contributed by atoms with Gasteiger partial charge in [-0.05, 0) is 39.0 Å². The lowest BCUT2D eigenvalue weighted by Crippen LogP contribution is -2.59. The number of fused-ring (bicyclic) bond motifs is 1. The Morgan fingerprint density at radius 3 is 2.63 bits per heavy atom. The maximum absolute atomic E-state index is 13.6. The Kier molecular flexibility index (Phi) is 6.08. The lowest BCUT2D eigenvalue weighted by atomic mass is 9.70. The van der Waals surface area contributed by atoms with Gasteiger partial charge in [-0.2, -0.15) is 0 Å². The highest BCUT2D eigenvalue weighted by Crippen LogP contribution is 2.59. The van der Waals surface area contributed by atoms with Gasteiger partial charge in [-0.15, -0.1) is 0 Å². The number of hydrogen-bond acceptors (Lipinski definition) is 6. The van der Waals surface area contributed by atoms with Crippen molar-refractivity contribution in [1.29, 1.82) is 0 Å². The summed E-state index contributed by atoms with van der Waals surface area (Å²) in [6.45, 7) is 3.63. The summed E-state index contributed by atoms with van der Waals surface area (Å²) in [5, 5.41) is 13.1. The number of aliphatic hydroxyl groups excluding tert-OH is 1. The molecule has 3 heterocycles. The van der Waals surface area contributed by atoms with Crippen LogP contribution in [0.5, 0.6) is 0 Å². The summed E-state index contributed by atoms with van der Waals surface area (Å²) in [6, 6.07) is -1.20. The van der Waals surface area contributed by atoms with Gasteiger partial charge in [-0.1, -0.05) is 26.2 Å². The Bertz CT molecular complexity index is 689. The number of carbonyl (C=O) groups is 3. The normalized spacial score (nSPS) is 36.6. The van der Waals surface area contributed by atoms with E-state index in [1.54, 1.807) is 6.92 Å². The number of nitrogens with one attached hydrogen (secondary N) is 1. The summed E-state index contributed by atoms with van der Waals surface area (Å²) in [5.41, 5.74) is -1.01. The first kappa shape index (κ1) is 21.6. The number of esters is 1. The van der Waals surface area contributed by atoms with Crippen molar-refractivity contribution in [3.05, 3.63) is 0 Å². The van der Waals surface area contributed by atoms with Gasteiger partial charge in [0, 0.05) is 6.04 Å². The maximum Gasteiger partial charge on any atom is 0.312 e. The fourth-order valence-electron chi connectivity index (χ4n) is 6.23. The second-order valence-electron chi connectivity index (χ2n) is 9.14. The standard InChI is InChI=1S/C22H34N2O6/c1-3-14(12-25)24-18(19(26)23-13-8-6-5-7-9-13)22-11-10-15(30-22)16(17(22)20(24)27)21(28)29-4-2/h13-18,25H,3-12H2,1-2H3,(H,23,26)/t14-,15-,16+,17-,18?,22?/m0/s1. The molecule has 2 unspecified atom stereocenters. The predicted molar refractivity (Wildman–Crippen MR) is 107 cm³/mol. The molecule has 4 fully saturated rings. The van der Waals surface area contributed by atoms with E-state index in [1.807, 2.05) is 6.92 Å². The predicted octanol–water partition coefficient (Wildman–Crippen LogP) is 1.14. The van der Waals surface area contributed by atoms with Crippen molar-refractivity contribution in [2.75, 3.05) is 13.2 Å². The molecule has 4 aliphatic rings. The zero-order valence-corrected chi connectivity index (χ0v) is 18.0. The van der Waals surface area contributed by atoms with Gasteiger partial charge in [-0.25, -0.2) is 0 Å². The van der Waals surface area contributed by atoms with Crippen LogP contribution < -0.4 is 5.32 Å². The Morgan fingerprint density at radius 2 is 2.00 bits per heavy atom. The van der Waals surface area contributed by atoms with E-state index in [4.69, 9.17) is 9.47 Å². The lowest BCUT2D eigenvalue weighted by molar-refractivity contribution is -0.155. The summed E-state index contributed by atoms with van der Waals surface area (Å²) >= 11 is 0. The number of nitrogens with zero attached hydrogens (tertiary/aromatic N) is 1. The van der Waals surface area contributed by atoms with Gasteiger partial charge in [0.1, 0.15) is 11.6 Å². The van der Waals surface area contributed by atoms with Crippen LogP contribution in [0.4, 0.5) is 0 Å². The number of hydrogen-bond donors (Lipinski definition) is 2. The summed E-state index contributed by atoms with van der Waals surface area (Å²) in [5.74, 6) is -2.31. The molecular weight excluding hydrogens is 388 g/mol. The third-order valence-corrected chi connectivity index (χ3v) is 7.57. The summed E-state index contributed by atoms with van der Waals surface area (Å²) < 4.78 is 11.6. The van der Waals surface area contributed by atoms with Crippen molar-refractivity contribution >= 4 is 17.8 Å². The topological polar surface area (TPSA) is 105 Å². The number of likely N-dealkylation sites (tertiary alicyclic amines) is 1. The first-order valence-corrected chi connectivity index (χ1v) is 11.6. The van der Waals surface area contributed by atoms with Crippen LogP contribution in [-0.2, 0) is 23.9 Å². The molecule has 1 saturated carbocycles.